The zero-order valence-electron chi connectivity index (χ0n) is 18.3. The van der Waals surface area contributed by atoms with Gasteiger partial charge in [-0.15, -0.1) is 0 Å². The molecule has 11 heteroatoms. The van der Waals surface area contributed by atoms with Gasteiger partial charge in [0, 0.05) is 17.6 Å². The maximum absolute atomic E-state index is 13.0. The van der Waals surface area contributed by atoms with Gasteiger partial charge in [-0.1, -0.05) is 19.9 Å². The molecule has 1 aromatic carbocycles. The molecular weight excluding hydrogens is 441 g/mol. The second kappa shape index (κ2) is 9.88. The van der Waals surface area contributed by atoms with Gasteiger partial charge in [0.1, 0.15) is 23.7 Å². The number of alkyl halides is 3. The average molecular weight is 464 g/mol. The predicted octanol–water partition coefficient (Wildman–Crippen LogP) is 4.30. The highest BCUT2D eigenvalue weighted by atomic mass is 19.4. The number of rotatable bonds is 8. The highest BCUT2D eigenvalue weighted by Crippen LogP contribution is 2.31. The molecule has 1 N–H and O–H groups in total. The number of benzene rings is 1. The molecule has 3 aromatic rings. The maximum Gasteiger partial charge on any atom is 0.433 e. The molecule has 0 aliphatic rings. The molecule has 0 aliphatic heterocycles. The third-order valence-corrected chi connectivity index (χ3v) is 4.34. The number of amides is 1. The summed E-state index contributed by atoms with van der Waals surface area (Å²) in [6.45, 7) is 6.06. The van der Waals surface area contributed by atoms with Crippen molar-refractivity contribution in [3.63, 3.8) is 0 Å². The Morgan fingerprint density at radius 1 is 1.21 bits per heavy atom. The molecule has 8 nitrogen and oxygen atoms in total. The third-order valence-electron chi connectivity index (χ3n) is 4.34. The molecule has 0 atom stereocenters. The first-order valence-corrected chi connectivity index (χ1v) is 10.2. The number of aromatic nitrogens is 3. The summed E-state index contributed by atoms with van der Waals surface area (Å²) in [5.74, 6) is -0.812. The van der Waals surface area contributed by atoms with Gasteiger partial charge >= 0.3 is 12.1 Å². The van der Waals surface area contributed by atoms with Crippen LogP contribution in [0.5, 0.6) is 5.75 Å². The Labute approximate surface area is 187 Å². The van der Waals surface area contributed by atoms with Crippen LogP contribution in [0.15, 0.2) is 36.5 Å². The van der Waals surface area contributed by atoms with Crippen molar-refractivity contribution in [2.75, 3.05) is 18.5 Å². The number of esters is 1. The number of carbonyl (C=O) groups excluding carboxylic acids is 2. The topological polar surface area (TPSA) is 95.3 Å². The summed E-state index contributed by atoms with van der Waals surface area (Å²) < 4.78 is 51.0. The number of halogens is 3. The summed E-state index contributed by atoms with van der Waals surface area (Å²) in [4.78, 5) is 27.8. The number of fused-ring (bicyclic) bond motifs is 1. The van der Waals surface area contributed by atoms with Crippen LogP contribution in [-0.4, -0.2) is 39.9 Å². The molecule has 0 spiro atoms. The number of nitrogens with one attached hydrogen (secondary N) is 1. The largest absolute Gasteiger partial charge is 0.491 e. The minimum absolute atomic E-state index is 0.0967. The lowest BCUT2D eigenvalue weighted by molar-refractivity contribution is -0.144. The van der Waals surface area contributed by atoms with E-state index in [1.165, 1.54) is 10.7 Å². The summed E-state index contributed by atoms with van der Waals surface area (Å²) in [5, 5.41) is 7.48. The van der Waals surface area contributed by atoms with E-state index >= 15 is 0 Å². The Kier molecular flexibility index (Phi) is 7.19. The second-order valence-corrected chi connectivity index (χ2v) is 7.60. The van der Waals surface area contributed by atoms with Crippen molar-refractivity contribution in [1.29, 1.82) is 0 Å². The number of anilines is 1. The van der Waals surface area contributed by atoms with Crippen LogP contribution in [0.25, 0.3) is 10.9 Å². The summed E-state index contributed by atoms with van der Waals surface area (Å²) in [6, 6.07) is 6.26. The Bertz CT molecular complexity index is 1160. The SMILES string of the molecule is CCOC(=O)Cn1cc2cc(NC(=O)c3cccc(C(F)(F)F)n3)c(OCC(C)C)cc2n1. The lowest BCUT2D eigenvalue weighted by Crippen LogP contribution is -2.17. The van der Waals surface area contributed by atoms with E-state index in [4.69, 9.17) is 9.47 Å². The zero-order chi connectivity index (χ0) is 24.2. The normalized spacial score (nSPS) is 11.6. The zero-order valence-corrected chi connectivity index (χ0v) is 18.3. The highest BCUT2D eigenvalue weighted by molar-refractivity contribution is 6.05. The summed E-state index contributed by atoms with van der Waals surface area (Å²) in [6.07, 6.45) is -3.08. The van der Waals surface area contributed by atoms with Crippen LogP contribution in [0.3, 0.4) is 0 Å². The molecule has 0 aliphatic carbocycles. The van der Waals surface area contributed by atoms with E-state index in [1.54, 1.807) is 25.3 Å². The summed E-state index contributed by atoms with van der Waals surface area (Å²) in [7, 11) is 0. The first kappa shape index (κ1) is 24.0. The quantitative estimate of drug-likeness (QED) is 0.500. The number of hydrogen-bond donors (Lipinski definition) is 1. The molecule has 176 valence electrons. The average Bonchev–Trinajstić information content (AvgIpc) is 3.12. The van der Waals surface area contributed by atoms with E-state index < -0.39 is 29.4 Å². The van der Waals surface area contributed by atoms with Crippen molar-refractivity contribution >= 4 is 28.5 Å². The van der Waals surface area contributed by atoms with Crippen molar-refractivity contribution in [2.45, 2.75) is 33.5 Å². The van der Waals surface area contributed by atoms with Crippen LogP contribution in [0.2, 0.25) is 0 Å². The molecule has 2 heterocycles. The van der Waals surface area contributed by atoms with Crippen molar-refractivity contribution in [3.8, 4) is 5.75 Å². The molecule has 2 aromatic heterocycles. The Hall–Kier alpha value is -3.63. The van der Waals surface area contributed by atoms with Crippen molar-refractivity contribution in [3.05, 3.63) is 47.9 Å². The van der Waals surface area contributed by atoms with Crippen LogP contribution < -0.4 is 10.1 Å². The molecule has 0 bridgehead atoms. The summed E-state index contributed by atoms with van der Waals surface area (Å²) >= 11 is 0. The standard InChI is InChI=1S/C22H23F3N4O4/c1-4-32-20(30)11-29-10-14-8-17(18(9-16(14)28-29)33-12-13(2)3)27-21(31)15-6-5-7-19(26-15)22(23,24)25/h5-10,13H,4,11-12H2,1-3H3,(H,27,31). The van der Waals surface area contributed by atoms with Crippen LogP contribution in [-0.2, 0) is 22.3 Å². The minimum atomic E-state index is -4.67. The number of pyridine rings is 1. The van der Waals surface area contributed by atoms with Gasteiger partial charge in [0.15, 0.2) is 0 Å². The van der Waals surface area contributed by atoms with Gasteiger partial charge < -0.3 is 14.8 Å². The first-order valence-electron chi connectivity index (χ1n) is 10.2. The number of ether oxygens (including phenoxy) is 2. The van der Waals surface area contributed by atoms with Crippen molar-refractivity contribution in [1.82, 2.24) is 14.8 Å². The third kappa shape index (κ3) is 6.21. The monoisotopic (exact) mass is 464 g/mol. The fourth-order valence-corrected chi connectivity index (χ4v) is 2.90. The number of carbonyl (C=O) groups is 2. The van der Waals surface area contributed by atoms with E-state index in [9.17, 15) is 22.8 Å². The Morgan fingerprint density at radius 3 is 2.64 bits per heavy atom. The fourth-order valence-electron chi connectivity index (χ4n) is 2.90. The summed E-state index contributed by atoms with van der Waals surface area (Å²) in [5.41, 5.74) is -0.809. The van der Waals surface area contributed by atoms with Gasteiger partial charge in [-0.05, 0) is 31.0 Å². The van der Waals surface area contributed by atoms with E-state index in [0.717, 1.165) is 12.1 Å². The molecule has 0 saturated carbocycles. The van der Waals surface area contributed by atoms with Gasteiger partial charge in [0.05, 0.1) is 24.4 Å². The van der Waals surface area contributed by atoms with Crippen LogP contribution in [0.4, 0.5) is 18.9 Å². The van der Waals surface area contributed by atoms with E-state index in [0.29, 0.717) is 17.5 Å². The van der Waals surface area contributed by atoms with Crippen molar-refractivity contribution < 1.29 is 32.2 Å². The van der Waals surface area contributed by atoms with Gasteiger partial charge in [-0.2, -0.15) is 18.3 Å². The minimum Gasteiger partial charge on any atom is -0.491 e. The van der Waals surface area contributed by atoms with Crippen LogP contribution >= 0.6 is 0 Å². The van der Waals surface area contributed by atoms with E-state index in [1.807, 2.05) is 13.8 Å². The van der Waals surface area contributed by atoms with E-state index in [2.05, 4.69) is 15.4 Å². The van der Waals surface area contributed by atoms with Gasteiger partial charge in [-0.3, -0.25) is 14.3 Å². The van der Waals surface area contributed by atoms with E-state index in [-0.39, 0.29) is 30.5 Å². The number of nitrogens with zero attached hydrogens (tertiary/aromatic N) is 3. The molecule has 0 fully saturated rings. The van der Waals surface area contributed by atoms with Crippen LogP contribution in [0.1, 0.15) is 37.0 Å². The van der Waals surface area contributed by atoms with Gasteiger partial charge in [0.25, 0.3) is 5.91 Å². The number of hydrogen-bond acceptors (Lipinski definition) is 6. The van der Waals surface area contributed by atoms with Crippen LogP contribution in [0, 0.1) is 5.92 Å². The maximum atomic E-state index is 13.0. The molecule has 1 amide bonds. The molecule has 0 unspecified atom stereocenters. The fraction of sp³-hybridized carbons (Fsp3) is 0.364. The van der Waals surface area contributed by atoms with Gasteiger partial charge in [0.2, 0.25) is 0 Å². The molecule has 3 rings (SSSR count). The highest BCUT2D eigenvalue weighted by Gasteiger charge is 2.33. The Morgan fingerprint density at radius 2 is 1.97 bits per heavy atom. The smallest absolute Gasteiger partial charge is 0.433 e. The Balaban J connectivity index is 1.92. The molecule has 33 heavy (non-hydrogen) atoms. The lowest BCUT2D eigenvalue weighted by Gasteiger charge is -2.14. The molecular formula is C22H23F3N4O4. The predicted molar refractivity (Wildman–Crippen MR) is 114 cm³/mol. The first-order chi connectivity index (χ1) is 15.6. The molecule has 0 saturated heterocycles. The second-order valence-electron chi connectivity index (χ2n) is 7.60. The molecule has 0 radical (unpaired) electrons. The van der Waals surface area contributed by atoms with Gasteiger partial charge in [-0.25, -0.2) is 4.98 Å². The lowest BCUT2D eigenvalue weighted by atomic mass is 10.2. The van der Waals surface area contributed by atoms with Crippen molar-refractivity contribution in [2.24, 2.45) is 5.92 Å².